The number of sulfonamides is 1. The maximum atomic E-state index is 12.4. The van der Waals surface area contributed by atoms with Crippen molar-refractivity contribution in [3.8, 4) is 5.88 Å². The Bertz CT molecular complexity index is 1210. The highest BCUT2D eigenvalue weighted by molar-refractivity contribution is 7.89. The molecule has 9 nitrogen and oxygen atoms in total. The number of nitrogens with zero attached hydrogens (tertiary/aromatic N) is 4. The Morgan fingerprint density at radius 2 is 1.82 bits per heavy atom. The van der Waals surface area contributed by atoms with Crippen LogP contribution in [-0.2, 0) is 10.0 Å². The first-order chi connectivity index (χ1) is 15.6. The third-order valence-electron chi connectivity index (χ3n) is 6.01. The van der Waals surface area contributed by atoms with Gasteiger partial charge in [0.05, 0.1) is 11.1 Å². The van der Waals surface area contributed by atoms with Crippen LogP contribution < -0.4 is 15.8 Å². The minimum absolute atomic E-state index is 0.0912. The normalized spacial score (nSPS) is 19.4. The number of benzene rings is 1. The first-order valence-electron chi connectivity index (χ1n) is 11.3. The van der Waals surface area contributed by atoms with Gasteiger partial charge in [-0.15, -0.1) is 0 Å². The van der Waals surface area contributed by atoms with Gasteiger partial charge in [-0.1, -0.05) is 13.8 Å². The van der Waals surface area contributed by atoms with E-state index in [1.807, 2.05) is 12.3 Å². The van der Waals surface area contributed by atoms with E-state index >= 15 is 0 Å². The van der Waals surface area contributed by atoms with Crippen LogP contribution in [0.4, 0.5) is 11.5 Å². The molecule has 1 aliphatic carbocycles. The molecule has 2 aromatic heterocycles. The summed E-state index contributed by atoms with van der Waals surface area (Å²) >= 11 is 0. The largest absolute Gasteiger partial charge is 0.474 e. The second-order valence-corrected chi connectivity index (χ2v) is 11.2. The number of aromatic nitrogens is 3. The third kappa shape index (κ3) is 4.97. The minimum Gasteiger partial charge on any atom is -0.474 e. The molecule has 0 bridgehead atoms. The lowest BCUT2D eigenvalue weighted by atomic mass is 9.94. The zero-order chi connectivity index (χ0) is 23.8. The Labute approximate surface area is 195 Å². The number of nitrogens with one attached hydrogen (secondary N) is 1. The molecule has 0 spiro atoms. The molecule has 2 heterocycles. The molecular weight excluding hydrogens is 440 g/mol. The number of fused-ring (bicyclic) bond motifs is 1. The number of ether oxygens (including phenoxy) is 1. The highest BCUT2D eigenvalue weighted by Crippen LogP contribution is 2.29. The van der Waals surface area contributed by atoms with E-state index in [-0.39, 0.29) is 23.0 Å². The molecule has 0 radical (unpaired) electrons. The summed E-state index contributed by atoms with van der Waals surface area (Å²) in [6.45, 7) is 4.21. The predicted octanol–water partition coefficient (Wildman–Crippen LogP) is 3.50. The molecule has 0 unspecified atom stereocenters. The quantitative estimate of drug-likeness (QED) is 0.541. The van der Waals surface area contributed by atoms with E-state index in [0.717, 1.165) is 42.6 Å². The van der Waals surface area contributed by atoms with Gasteiger partial charge in [0.1, 0.15) is 11.9 Å². The number of hydrogen-bond acceptors (Lipinski definition) is 7. The van der Waals surface area contributed by atoms with Gasteiger partial charge in [-0.25, -0.2) is 12.7 Å². The summed E-state index contributed by atoms with van der Waals surface area (Å²) in [5.74, 6) is 1.48. The summed E-state index contributed by atoms with van der Waals surface area (Å²) in [6, 6.07) is 8.72. The number of rotatable bonds is 7. The first-order valence-corrected chi connectivity index (χ1v) is 12.7. The van der Waals surface area contributed by atoms with Crippen molar-refractivity contribution in [2.75, 3.05) is 19.4 Å². The predicted molar refractivity (Wildman–Crippen MR) is 129 cm³/mol. The molecule has 178 valence electrons. The fourth-order valence-electron chi connectivity index (χ4n) is 3.96. The third-order valence-corrected chi connectivity index (χ3v) is 7.84. The van der Waals surface area contributed by atoms with Crippen LogP contribution in [0, 0.1) is 0 Å². The van der Waals surface area contributed by atoms with E-state index in [0.29, 0.717) is 11.7 Å². The van der Waals surface area contributed by atoms with Crippen molar-refractivity contribution in [3.63, 3.8) is 0 Å². The first kappa shape index (κ1) is 23.5. The van der Waals surface area contributed by atoms with Crippen molar-refractivity contribution in [1.82, 2.24) is 18.9 Å². The molecule has 1 saturated carbocycles. The van der Waals surface area contributed by atoms with Crippen molar-refractivity contribution in [2.24, 2.45) is 5.73 Å². The second-order valence-electron chi connectivity index (χ2n) is 9.06. The Hall–Kier alpha value is -2.69. The van der Waals surface area contributed by atoms with Gasteiger partial charge in [0.2, 0.25) is 15.9 Å². The number of anilines is 2. The summed E-state index contributed by atoms with van der Waals surface area (Å²) in [7, 11) is -0.456. The van der Waals surface area contributed by atoms with E-state index in [9.17, 15) is 8.42 Å². The van der Waals surface area contributed by atoms with Crippen LogP contribution in [-0.4, -0.2) is 53.6 Å². The van der Waals surface area contributed by atoms with Crippen molar-refractivity contribution in [3.05, 3.63) is 42.1 Å². The summed E-state index contributed by atoms with van der Waals surface area (Å²) in [6.07, 6.45) is 5.64. The molecular formula is C23H32N6O3S. The van der Waals surface area contributed by atoms with E-state index in [2.05, 4.69) is 24.3 Å². The van der Waals surface area contributed by atoms with Crippen molar-refractivity contribution >= 4 is 27.2 Å². The zero-order valence-electron chi connectivity index (χ0n) is 19.5. The lowest BCUT2D eigenvalue weighted by Crippen LogP contribution is -2.31. The lowest BCUT2D eigenvalue weighted by Gasteiger charge is -2.26. The highest BCUT2D eigenvalue weighted by Gasteiger charge is 2.22. The maximum Gasteiger partial charge on any atom is 0.242 e. The molecule has 0 amide bonds. The van der Waals surface area contributed by atoms with Gasteiger partial charge < -0.3 is 15.8 Å². The molecule has 0 aliphatic heterocycles. The van der Waals surface area contributed by atoms with Crippen LogP contribution >= 0.6 is 0 Å². The van der Waals surface area contributed by atoms with E-state index in [4.69, 9.17) is 15.5 Å². The van der Waals surface area contributed by atoms with E-state index in [1.165, 1.54) is 18.4 Å². The Balaban J connectivity index is 1.66. The summed E-state index contributed by atoms with van der Waals surface area (Å²) in [5, 5.41) is 7.87. The average molecular weight is 473 g/mol. The molecule has 1 aliphatic rings. The Morgan fingerprint density at radius 1 is 1.15 bits per heavy atom. The molecule has 0 atom stereocenters. The number of hydrogen-bond donors (Lipinski definition) is 2. The monoisotopic (exact) mass is 472 g/mol. The SMILES string of the molecule is CC(C)c1cnn2c(Nc3ccc(S(=O)(=O)N(C)C)cc3)cc(OC3CCC(N)CC3)nc12. The molecule has 0 saturated heterocycles. The van der Waals surface area contributed by atoms with Crippen LogP contribution in [0.3, 0.4) is 0 Å². The van der Waals surface area contributed by atoms with Crippen molar-refractivity contribution in [2.45, 2.75) is 62.5 Å². The fourth-order valence-corrected chi connectivity index (χ4v) is 4.86. The smallest absolute Gasteiger partial charge is 0.242 e. The fraction of sp³-hybridized carbons (Fsp3) is 0.478. The topological polar surface area (TPSA) is 115 Å². The zero-order valence-corrected chi connectivity index (χ0v) is 20.3. The van der Waals surface area contributed by atoms with Crippen LogP contribution in [0.1, 0.15) is 51.0 Å². The van der Waals surface area contributed by atoms with E-state index < -0.39 is 10.0 Å². The summed E-state index contributed by atoms with van der Waals surface area (Å²) < 4.78 is 33.9. The Kier molecular flexibility index (Phi) is 6.60. The summed E-state index contributed by atoms with van der Waals surface area (Å²) in [4.78, 5) is 4.99. The van der Waals surface area contributed by atoms with Gasteiger partial charge in [-0.05, 0) is 55.9 Å². The number of nitrogens with two attached hydrogens (primary N) is 1. The molecule has 4 rings (SSSR count). The van der Waals surface area contributed by atoms with Crippen LogP contribution in [0.2, 0.25) is 0 Å². The van der Waals surface area contributed by atoms with Gasteiger partial charge >= 0.3 is 0 Å². The average Bonchev–Trinajstić information content (AvgIpc) is 3.20. The van der Waals surface area contributed by atoms with Crippen molar-refractivity contribution in [1.29, 1.82) is 0 Å². The lowest BCUT2D eigenvalue weighted by molar-refractivity contribution is 0.141. The highest BCUT2D eigenvalue weighted by atomic mass is 32.2. The maximum absolute atomic E-state index is 12.4. The minimum atomic E-state index is -3.49. The molecule has 1 fully saturated rings. The Morgan fingerprint density at radius 3 is 2.42 bits per heavy atom. The summed E-state index contributed by atoms with van der Waals surface area (Å²) in [5.41, 5.74) is 8.54. The molecule has 3 N–H and O–H groups in total. The molecule has 1 aromatic carbocycles. The van der Waals surface area contributed by atoms with Gasteiger partial charge in [0, 0.05) is 37.5 Å². The van der Waals surface area contributed by atoms with E-state index in [1.54, 1.807) is 28.8 Å². The molecule has 10 heteroatoms. The second kappa shape index (κ2) is 9.28. The van der Waals surface area contributed by atoms with Crippen molar-refractivity contribution < 1.29 is 13.2 Å². The van der Waals surface area contributed by atoms with Gasteiger partial charge in [-0.2, -0.15) is 14.6 Å². The van der Waals surface area contributed by atoms with Crippen LogP contribution in [0.25, 0.3) is 5.65 Å². The molecule has 33 heavy (non-hydrogen) atoms. The standard InChI is InChI=1S/C23H32N6O3S/c1-15(2)20-14-25-29-21(26-17-7-11-19(12-8-17)33(30,31)28(3)4)13-22(27-23(20)29)32-18-9-5-16(24)6-10-18/h7-8,11-16,18,26H,5-6,9-10,24H2,1-4H3. The van der Waals surface area contributed by atoms with Gasteiger partial charge in [-0.3, -0.25) is 0 Å². The van der Waals surface area contributed by atoms with Gasteiger partial charge in [0.15, 0.2) is 5.65 Å². The molecule has 3 aromatic rings. The van der Waals surface area contributed by atoms with Crippen LogP contribution in [0.15, 0.2) is 41.4 Å². The van der Waals surface area contributed by atoms with Gasteiger partial charge in [0.25, 0.3) is 0 Å². The van der Waals surface area contributed by atoms with Crippen LogP contribution in [0.5, 0.6) is 5.88 Å².